The van der Waals surface area contributed by atoms with Crippen LogP contribution in [0.3, 0.4) is 0 Å². The number of hydrogen-bond acceptors (Lipinski definition) is 20. The summed E-state index contributed by atoms with van der Waals surface area (Å²) >= 11 is 0. The zero-order chi connectivity index (χ0) is 40.1. The maximum atomic E-state index is 13.3. The highest BCUT2D eigenvalue weighted by atomic mass is 16.8. The number of aromatic hydroxyl groups is 4. The van der Waals surface area contributed by atoms with E-state index in [9.17, 15) is 66.1 Å². The van der Waals surface area contributed by atoms with Crippen molar-refractivity contribution >= 4 is 12.0 Å². The van der Waals surface area contributed by atoms with Crippen LogP contribution >= 0.6 is 0 Å². The summed E-state index contributed by atoms with van der Waals surface area (Å²) in [6.45, 7) is -0.540. The molecule has 20 heteroatoms. The Morgan fingerprint density at radius 2 is 1.24 bits per heavy atom. The van der Waals surface area contributed by atoms with Gasteiger partial charge >= 0.3 is 5.97 Å². The van der Waals surface area contributed by atoms with Gasteiger partial charge in [0.25, 0.3) is 0 Å². The average Bonchev–Trinajstić information content (AvgIpc) is 3.16. The van der Waals surface area contributed by atoms with E-state index in [1.165, 1.54) is 43.3 Å². The molecule has 15 atom stereocenters. The first-order chi connectivity index (χ1) is 26.1. The lowest BCUT2D eigenvalue weighted by atomic mass is 9.96. The molecule has 15 unspecified atom stereocenters. The molecule has 3 fully saturated rings. The van der Waals surface area contributed by atoms with Crippen molar-refractivity contribution in [3.63, 3.8) is 0 Å². The van der Waals surface area contributed by atoms with Crippen LogP contribution < -0.4 is 0 Å². The molecule has 306 valence electrons. The first-order valence-corrected chi connectivity index (χ1v) is 17.2. The zero-order valence-corrected chi connectivity index (χ0v) is 29.2. The second-order valence-electron chi connectivity index (χ2n) is 13.2. The van der Waals surface area contributed by atoms with Crippen LogP contribution in [0.4, 0.5) is 0 Å². The number of benzene rings is 2. The topological polar surface area (TPSA) is 324 Å². The average molecular weight is 787 g/mol. The van der Waals surface area contributed by atoms with Gasteiger partial charge in [-0.1, -0.05) is 12.1 Å². The van der Waals surface area contributed by atoms with E-state index in [1.54, 1.807) is 0 Å². The molecule has 2 aromatic carbocycles. The third-order valence-electron chi connectivity index (χ3n) is 9.39. The van der Waals surface area contributed by atoms with Crippen molar-refractivity contribution in [2.75, 3.05) is 19.8 Å². The highest BCUT2D eigenvalue weighted by Gasteiger charge is 2.55. The maximum absolute atomic E-state index is 13.3. The maximum Gasteiger partial charge on any atom is 0.331 e. The van der Waals surface area contributed by atoms with Gasteiger partial charge in [0.15, 0.2) is 48.0 Å². The SMILES string of the molecule is CC1OC(OC2C(OC(=O)C=Cc3ccc(O)c(O)c3)C(CO)OC(OCCc3ccc(O)c(O)c3)C2OC2OC(CO)C(O)C(O)C2O)C(O)C(O)C1O. The van der Waals surface area contributed by atoms with Gasteiger partial charge in [-0.2, -0.15) is 0 Å². The lowest BCUT2D eigenvalue weighted by Crippen LogP contribution is -2.67. The van der Waals surface area contributed by atoms with E-state index in [0.29, 0.717) is 5.56 Å². The predicted molar refractivity (Wildman–Crippen MR) is 180 cm³/mol. The zero-order valence-electron chi connectivity index (χ0n) is 29.2. The van der Waals surface area contributed by atoms with Gasteiger partial charge in [-0.05, 0) is 54.8 Å². The summed E-state index contributed by atoms with van der Waals surface area (Å²) < 4.78 is 41.1. The van der Waals surface area contributed by atoms with Crippen LogP contribution in [0.15, 0.2) is 42.5 Å². The Morgan fingerprint density at radius 1 is 0.655 bits per heavy atom. The second kappa shape index (κ2) is 18.5. The number of hydrogen-bond donors (Lipinski definition) is 12. The Bertz CT molecular complexity index is 1610. The van der Waals surface area contributed by atoms with E-state index in [2.05, 4.69) is 0 Å². The quantitative estimate of drug-likeness (QED) is 0.0541. The molecule has 0 aromatic heterocycles. The van der Waals surface area contributed by atoms with Crippen molar-refractivity contribution in [2.45, 2.75) is 105 Å². The van der Waals surface area contributed by atoms with Gasteiger partial charge in [0.1, 0.15) is 61.0 Å². The fraction of sp³-hybridized carbons (Fsp3) is 0.571. The Hall–Kier alpha value is -3.71. The Labute approximate surface area is 313 Å². The number of rotatable bonds is 13. The fourth-order valence-corrected chi connectivity index (χ4v) is 6.22. The number of carbonyl (C=O) groups is 1. The molecule has 5 rings (SSSR count). The van der Waals surface area contributed by atoms with Crippen molar-refractivity contribution < 1.29 is 99.2 Å². The summed E-state index contributed by atoms with van der Waals surface area (Å²) in [5, 5.41) is 123. The molecule has 3 aliphatic heterocycles. The molecule has 3 heterocycles. The van der Waals surface area contributed by atoms with E-state index in [0.717, 1.165) is 12.1 Å². The van der Waals surface area contributed by atoms with Crippen LogP contribution in [0, 0.1) is 0 Å². The third-order valence-corrected chi connectivity index (χ3v) is 9.39. The molecular formula is C35H46O20. The van der Waals surface area contributed by atoms with E-state index >= 15 is 0 Å². The number of ether oxygens (including phenoxy) is 7. The van der Waals surface area contributed by atoms with Gasteiger partial charge in [-0.15, -0.1) is 0 Å². The summed E-state index contributed by atoms with van der Waals surface area (Å²) in [5.74, 6) is -2.74. The third kappa shape index (κ3) is 9.82. The molecule has 3 saturated heterocycles. The highest BCUT2D eigenvalue weighted by Crippen LogP contribution is 2.36. The van der Waals surface area contributed by atoms with Crippen LogP contribution in [0.1, 0.15) is 18.1 Å². The van der Waals surface area contributed by atoms with Gasteiger partial charge < -0.3 is 94.4 Å². The van der Waals surface area contributed by atoms with E-state index in [4.69, 9.17) is 33.2 Å². The number of aliphatic hydroxyl groups excluding tert-OH is 8. The van der Waals surface area contributed by atoms with Crippen LogP contribution in [-0.2, 0) is 44.4 Å². The molecule has 12 N–H and O–H groups in total. The first-order valence-electron chi connectivity index (χ1n) is 17.2. The molecular weight excluding hydrogens is 740 g/mol. The summed E-state index contributed by atoms with van der Waals surface area (Å²) in [7, 11) is 0. The molecule has 2 aromatic rings. The molecule has 3 aliphatic rings. The number of carbonyl (C=O) groups excluding carboxylic acids is 1. The molecule has 20 nitrogen and oxygen atoms in total. The first kappa shape index (κ1) is 42.4. The largest absolute Gasteiger partial charge is 0.504 e. The standard InChI is InChI=1S/C35H46O20/c1-14-24(43)26(45)28(47)33(50-14)54-31-30(53-23(42)7-4-15-2-5-17(38)19(40)10-15)22(13-37)52-35(49-9-8-16-3-6-18(39)20(41)11-16)32(31)55-34-29(48)27(46)25(44)21(12-36)51-34/h2-7,10-11,14,21-22,24-41,43-48H,8-9,12-13H2,1H3. The molecule has 0 amide bonds. The van der Waals surface area contributed by atoms with Crippen LogP contribution in [0.5, 0.6) is 23.0 Å². The summed E-state index contributed by atoms with van der Waals surface area (Å²) in [6, 6.07) is 7.72. The van der Waals surface area contributed by atoms with Crippen LogP contribution in [-0.4, -0.2) is 179 Å². The normalized spacial score (nSPS) is 36.9. The molecule has 0 radical (unpaired) electrons. The minimum atomic E-state index is -1.98. The van der Waals surface area contributed by atoms with Gasteiger partial charge in [-0.3, -0.25) is 0 Å². The van der Waals surface area contributed by atoms with Crippen LogP contribution in [0.2, 0.25) is 0 Å². The van der Waals surface area contributed by atoms with Crippen molar-refractivity contribution in [3.8, 4) is 23.0 Å². The van der Waals surface area contributed by atoms with Crippen LogP contribution in [0.25, 0.3) is 6.08 Å². The number of aliphatic hydroxyl groups is 8. The van der Waals surface area contributed by atoms with E-state index in [-0.39, 0.29) is 24.3 Å². The minimum absolute atomic E-state index is 0.0812. The van der Waals surface area contributed by atoms with Gasteiger partial charge in [0, 0.05) is 6.08 Å². The molecule has 0 saturated carbocycles. The summed E-state index contributed by atoms with van der Waals surface area (Å²) in [6.07, 6.45) is -23.3. The van der Waals surface area contributed by atoms with Crippen molar-refractivity contribution in [2.24, 2.45) is 0 Å². The Morgan fingerprint density at radius 3 is 1.87 bits per heavy atom. The lowest BCUT2D eigenvalue weighted by molar-refractivity contribution is -0.390. The van der Waals surface area contributed by atoms with Gasteiger partial charge in [-0.25, -0.2) is 4.79 Å². The number of phenols is 4. The molecule has 0 bridgehead atoms. The smallest absolute Gasteiger partial charge is 0.331 e. The van der Waals surface area contributed by atoms with Crippen molar-refractivity contribution in [3.05, 3.63) is 53.6 Å². The van der Waals surface area contributed by atoms with Gasteiger partial charge in [0.05, 0.1) is 25.9 Å². The van der Waals surface area contributed by atoms with Crippen molar-refractivity contribution in [1.29, 1.82) is 0 Å². The highest BCUT2D eigenvalue weighted by molar-refractivity contribution is 5.87. The predicted octanol–water partition coefficient (Wildman–Crippen LogP) is -3.19. The summed E-state index contributed by atoms with van der Waals surface area (Å²) in [4.78, 5) is 13.3. The van der Waals surface area contributed by atoms with Crippen molar-refractivity contribution in [1.82, 2.24) is 0 Å². The van der Waals surface area contributed by atoms with Gasteiger partial charge in [0.2, 0.25) is 0 Å². The van der Waals surface area contributed by atoms with E-state index in [1.807, 2.05) is 0 Å². The Kier molecular flexibility index (Phi) is 14.3. The Balaban J connectivity index is 1.50. The molecule has 0 aliphatic carbocycles. The minimum Gasteiger partial charge on any atom is -0.504 e. The fourth-order valence-electron chi connectivity index (χ4n) is 6.22. The molecule has 0 spiro atoms. The summed E-state index contributed by atoms with van der Waals surface area (Å²) in [5.41, 5.74) is 0.753. The number of phenolic OH excluding ortho intramolecular Hbond substituents is 4. The van der Waals surface area contributed by atoms with E-state index < -0.39 is 129 Å². The molecule has 55 heavy (non-hydrogen) atoms. The lowest BCUT2D eigenvalue weighted by Gasteiger charge is -2.49. The monoisotopic (exact) mass is 786 g/mol. The second-order valence-corrected chi connectivity index (χ2v) is 13.2. The number of esters is 1.